The summed E-state index contributed by atoms with van der Waals surface area (Å²) >= 11 is 0. The molecular formula is C9H10FNO4S. The molecule has 7 heteroatoms. The molecule has 0 saturated carbocycles. The first kappa shape index (κ1) is 12.4. The van der Waals surface area contributed by atoms with Crippen LogP contribution in [0.25, 0.3) is 0 Å². The van der Waals surface area contributed by atoms with Gasteiger partial charge in [-0.15, -0.1) is 0 Å². The number of hydrogen-bond acceptors (Lipinski definition) is 3. The summed E-state index contributed by atoms with van der Waals surface area (Å²) in [5.41, 5.74) is -0.268. The summed E-state index contributed by atoms with van der Waals surface area (Å²) in [6.45, 7) is 1.01. The van der Waals surface area contributed by atoms with Crippen LogP contribution in [0.4, 0.5) is 10.1 Å². The lowest BCUT2D eigenvalue weighted by molar-refractivity contribution is -0.136. The first-order valence-electron chi connectivity index (χ1n) is 4.33. The number of nitrogens with one attached hydrogen (secondary N) is 1. The van der Waals surface area contributed by atoms with Crippen LogP contribution in [0.5, 0.6) is 0 Å². The van der Waals surface area contributed by atoms with Crippen molar-refractivity contribution in [1.82, 2.24) is 0 Å². The Hall–Kier alpha value is -1.63. The molecule has 5 nitrogen and oxygen atoms in total. The van der Waals surface area contributed by atoms with E-state index in [9.17, 15) is 17.6 Å². The van der Waals surface area contributed by atoms with E-state index >= 15 is 0 Å². The van der Waals surface area contributed by atoms with E-state index in [0.29, 0.717) is 0 Å². The Bertz CT molecular complexity index is 500. The average Bonchev–Trinajstić information content (AvgIpc) is 2.20. The SMILES string of the molecule is CC(C(=O)O)S(=O)(=O)Nc1ccccc1F. The van der Waals surface area contributed by atoms with Crippen LogP contribution in [0.1, 0.15) is 6.92 Å². The number of hydrogen-bond donors (Lipinski definition) is 2. The van der Waals surface area contributed by atoms with Crippen molar-refractivity contribution >= 4 is 21.7 Å². The first-order chi connectivity index (χ1) is 7.34. The van der Waals surface area contributed by atoms with Gasteiger partial charge in [-0.1, -0.05) is 12.1 Å². The Labute approximate surface area is 92.0 Å². The normalized spacial score (nSPS) is 13.1. The van der Waals surface area contributed by atoms with Gasteiger partial charge in [0.1, 0.15) is 5.82 Å². The second-order valence-corrected chi connectivity index (χ2v) is 5.11. The maximum absolute atomic E-state index is 13.1. The molecule has 0 radical (unpaired) electrons. The third kappa shape index (κ3) is 2.69. The lowest BCUT2D eigenvalue weighted by Gasteiger charge is -2.11. The third-order valence-corrected chi connectivity index (χ3v) is 3.58. The molecular weight excluding hydrogens is 237 g/mol. The van der Waals surface area contributed by atoms with Crippen LogP contribution >= 0.6 is 0 Å². The minimum Gasteiger partial charge on any atom is -0.480 e. The second kappa shape index (κ2) is 4.48. The highest BCUT2D eigenvalue weighted by Crippen LogP contribution is 2.16. The predicted octanol–water partition coefficient (Wildman–Crippen LogP) is 1.04. The number of carboxylic acid groups (broad SMARTS) is 1. The molecule has 88 valence electrons. The van der Waals surface area contributed by atoms with E-state index in [4.69, 9.17) is 5.11 Å². The molecule has 0 aliphatic heterocycles. The number of benzene rings is 1. The van der Waals surface area contributed by atoms with Crippen LogP contribution in [-0.4, -0.2) is 24.7 Å². The van der Waals surface area contributed by atoms with Gasteiger partial charge in [0.25, 0.3) is 0 Å². The van der Waals surface area contributed by atoms with Crippen LogP contribution in [0, 0.1) is 5.82 Å². The minimum atomic E-state index is -4.12. The summed E-state index contributed by atoms with van der Waals surface area (Å²) in [5.74, 6) is -2.26. The smallest absolute Gasteiger partial charge is 0.323 e. The number of aliphatic carboxylic acids is 1. The zero-order chi connectivity index (χ0) is 12.3. The Morgan fingerprint density at radius 3 is 2.50 bits per heavy atom. The molecule has 1 atom stereocenters. The Balaban J connectivity index is 2.98. The van der Waals surface area contributed by atoms with Crippen molar-refractivity contribution < 1.29 is 22.7 Å². The third-order valence-electron chi connectivity index (χ3n) is 1.94. The monoisotopic (exact) mass is 247 g/mol. The quantitative estimate of drug-likeness (QED) is 0.832. The minimum absolute atomic E-state index is 0.268. The summed E-state index contributed by atoms with van der Waals surface area (Å²) in [4.78, 5) is 10.5. The van der Waals surface area contributed by atoms with Crippen LogP contribution in [-0.2, 0) is 14.8 Å². The van der Waals surface area contributed by atoms with E-state index in [1.54, 1.807) is 0 Å². The molecule has 16 heavy (non-hydrogen) atoms. The number of sulfonamides is 1. The largest absolute Gasteiger partial charge is 0.480 e. The van der Waals surface area contributed by atoms with E-state index in [-0.39, 0.29) is 5.69 Å². The van der Waals surface area contributed by atoms with E-state index in [1.165, 1.54) is 18.2 Å². The van der Waals surface area contributed by atoms with Crippen molar-refractivity contribution in [2.75, 3.05) is 4.72 Å². The van der Waals surface area contributed by atoms with Gasteiger partial charge in [0.15, 0.2) is 5.25 Å². The van der Waals surface area contributed by atoms with Crippen molar-refractivity contribution in [3.05, 3.63) is 30.1 Å². The maximum Gasteiger partial charge on any atom is 0.323 e. The van der Waals surface area contributed by atoms with Crippen molar-refractivity contribution in [3.8, 4) is 0 Å². The molecule has 0 spiro atoms. The van der Waals surface area contributed by atoms with Gasteiger partial charge in [-0.25, -0.2) is 12.8 Å². The van der Waals surface area contributed by atoms with Crippen LogP contribution in [0.2, 0.25) is 0 Å². The molecule has 0 heterocycles. The fraction of sp³-hybridized carbons (Fsp3) is 0.222. The summed E-state index contributed by atoms with van der Waals surface area (Å²) in [6.07, 6.45) is 0. The summed E-state index contributed by atoms with van der Waals surface area (Å²) < 4.78 is 37.9. The van der Waals surface area contributed by atoms with E-state index in [1.807, 2.05) is 4.72 Å². The van der Waals surface area contributed by atoms with Crippen LogP contribution in [0.15, 0.2) is 24.3 Å². The molecule has 0 amide bonds. The Morgan fingerprint density at radius 2 is 2.00 bits per heavy atom. The molecule has 2 N–H and O–H groups in total. The highest BCUT2D eigenvalue weighted by molar-refractivity contribution is 7.94. The molecule has 1 rings (SSSR count). The van der Waals surface area contributed by atoms with Gasteiger partial charge in [0, 0.05) is 0 Å². The summed E-state index contributed by atoms with van der Waals surface area (Å²) in [6, 6.07) is 5.12. The standard InChI is InChI=1S/C9H10FNO4S/c1-6(9(12)13)16(14,15)11-8-5-3-2-4-7(8)10/h2-6,11H,1H3,(H,12,13). The lowest BCUT2D eigenvalue weighted by Crippen LogP contribution is -2.32. The molecule has 1 unspecified atom stereocenters. The molecule has 1 aromatic carbocycles. The highest BCUT2D eigenvalue weighted by atomic mass is 32.2. The topological polar surface area (TPSA) is 83.5 Å². The highest BCUT2D eigenvalue weighted by Gasteiger charge is 2.28. The van der Waals surface area contributed by atoms with Crippen molar-refractivity contribution in [2.24, 2.45) is 0 Å². The zero-order valence-electron chi connectivity index (χ0n) is 8.34. The van der Waals surface area contributed by atoms with Crippen LogP contribution < -0.4 is 4.72 Å². The Morgan fingerprint density at radius 1 is 1.44 bits per heavy atom. The number of carbonyl (C=O) groups is 1. The van der Waals surface area contributed by atoms with Gasteiger partial charge < -0.3 is 5.11 Å². The van der Waals surface area contributed by atoms with Gasteiger partial charge in [0.2, 0.25) is 10.0 Å². The fourth-order valence-corrected chi connectivity index (χ4v) is 1.83. The summed E-state index contributed by atoms with van der Waals surface area (Å²) in [5, 5.41) is 6.91. The number of carboxylic acids is 1. The van der Waals surface area contributed by atoms with Crippen molar-refractivity contribution in [3.63, 3.8) is 0 Å². The molecule has 1 aromatic rings. The van der Waals surface area contributed by atoms with E-state index < -0.39 is 27.1 Å². The molecule has 0 aromatic heterocycles. The second-order valence-electron chi connectivity index (χ2n) is 3.11. The van der Waals surface area contributed by atoms with E-state index in [0.717, 1.165) is 13.0 Å². The van der Waals surface area contributed by atoms with E-state index in [2.05, 4.69) is 0 Å². The summed E-state index contributed by atoms with van der Waals surface area (Å²) in [7, 11) is -4.12. The molecule has 0 aliphatic rings. The first-order valence-corrected chi connectivity index (χ1v) is 5.88. The number of halogens is 1. The zero-order valence-corrected chi connectivity index (χ0v) is 9.16. The van der Waals surface area contributed by atoms with Gasteiger partial charge in [-0.05, 0) is 19.1 Å². The van der Waals surface area contributed by atoms with Gasteiger partial charge in [-0.3, -0.25) is 9.52 Å². The number of para-hydroxylation sites is 1. The molecule has 0 aliphatic carbocycles. The fourth-order valence-electron chi connectivity index (χ4n) is 0.918. The average molecular weight is 247 g/mol. The van der Waals surface area contributed by atoms with Crippen molar-refractivity contribution in [2.45, 2.75) is 12.2 Å². The molecule has 0 fully saturated rings. The van der Waals surface area contributed by atoms with Crippen molar-refractivity contribution in [1.29, 1.82) is 0 Å². The Kier molecular flexibility index (Phi) is 3.48. The maximum atomic E-state index is 13.1. The predicted molar refractivity (Wildman–Crippen MR) is 56.0 cm³/mol. The lowest BCUT2D eigenvalue weighted by atomic mass is 10.3. The van der Waals surface area contributed by atoms with Crippen LogP contribution in [0.3, 0.4) is 0 Å². The van der Waals surface area contributed by atoms with Gasteiger partial charge in [-0.2, -0.15) is 0 Å². The van der Waals surface area contributed by atoms with Gasteiger partial charge in [0.05, 0.1) is 5.69 Å². The van der Waals surface area contributed by atoms with Gasteiger partial charge >= 0.3 is 5.97 Å². The molecule has 0 bridgehead atoms. The number of anilines is 1. The molecule has 0 saturated heterocycles. The number of rotatable bonds is 4.